The average Bonchev–Trinajstić information content (AvgIpc) is 3.44. The Labute approximate surface area is 274 Å². The van der Waals surface area contributed by atoms with E-state index in [2.05, 4.69) is 0 Å². The smallest absolute Gasteiger partial charge is 0.291 e. The molecule has 12 nitrogen and oxygen atoms in total. The molecule has 2 aliphatic rings. The maximum absolute atomic E-state index is 13.4. The van der Waals surface area contributed by atoms with E-state index in [9.17, 15) is 28.8 Å². The summed E-state index contributed by atoms with van der Waals surface area (Å²) in [5.41, 5.74) is 15.3. The van der Waals surface area contributed by atoms with Crippen molar-refractivity contribution in [1.82, 2.24) is 9.80 Å². The van der Waals surface area contributed by atoms with Crippen molar-refractivity contribution < 1.29 is 28.8 Å². The second kappa shape index (κ2) is 13.7. The Balaban J connectivity index is 1.26. The molecule has 0 spiro atoms. The molecule has 4 N–H and O–H groups in total. The monoisotopic (exact) mass is 660 g/mol. The van der Waals surface area contributed by atoms with Gasteiger partial charge >= 0.3 is 0 Å². The Morgan fingerprint density at radius 1 is 0.652 bits per heavy atom. The fourth-order valence-corrected chi connectivity index (χ4v) is 7.28. The highest BCUT2D eigenvalue weighted by molar-refractivity contribution is 8.15. The number of thioether (sulfide) groups is 2. The van der Waals surface area contributed by atoms with Crippen molar-refractivity contribution in [2.24, 2.45) is 11.5 Å². The Bertz CT molecular complexity index is 1590. The predicted molar refractivity (Wildman–Crippen MR) is 177 cm³/mol. The molecule has 0 bridgehead atoms. The summed E-state index contributed by atoms with van der Waals surface area (Å²) in [6, 6.07) is 21.4. The highest BCUT2D eigenvalue weighted by Gasteiger charge is 2.45. The minimum atomic E-state index is -0.951. The first kappa shape index (κ1) is 32.6. The van der Waals surface area contributed by atoms with Crippen LogP contribution in [0.1, 0.15) is 22.3 Å². The molecule has 0 radical (unpaired) electrons. The van der Waals surface area contributed by atoms with Gasteiger partial charge in [-0.1, -0.05) is 48.5 Å². The van der Waals surface area contributed by atoms with E-state index in [1.54, 1.807) is 48.5 Å². The standard InChI is InChI=1S/C32H32N6O6S2/c1-19-5-3-7-23(13-19)35(17-25(33)39)29-27(41)37(31(43)45-29)15-21-9-11-22(12-10-21)16-38-28(42)30(46-32(38)44)36(18-26(34)40)24-8-4-6-20(2)14-24/h3-14,29-30H,15-18H2,1-2H3,(H2,33,39)(H2,34,40). The number of aryl methyl sites for hydroxylation is 2. The van der Waals surface area contributed by atoms with Crippen molar-refractivity contribution in [2.45, 2.75) is 37.7 Å². The van der Waals surface area contributed by atoms with E-state index in [4.69, 9.17) is 11.5 Å². The van der Waals surface area contributed by atoms with Crippen LogP contribution in [-0.2, 0) is 32.3 Å². The number of carbonyl (C=O) groups excluding carboxylic acids is 6. The fourth-order valence-electron chi connectivity index (χ4n) is 5.23. The number of imide groups is 2. The van der Waals surface area contributed by atoms with E-state index in [1.165, 1.54) is 9.80 Å². The van der Waals surface area contributed by atoms with E-state index < -0.39 is 44.9 Å². The summed E-state index contributed by atoms with van der Waals surface area (Å²) in [5.74, 6) is -2.20. The van der Waals surface area contributed by atoms with Crippen molar-refractivity contribution in [3.8, 4) is 0 Å². The molecule has 0 saturated carbocycles. The lowest BCUT2D eigenvalue weighted by molar-refractivity contribution is -0.128. The summed E-state index contributed by atoms with van der Waals surface area (Å²) in [7, 11) is 0. The molecule has 6 amide bonds. The van der Waals surface area contributed by atoms with Crippen LogP contribution < -0.4 is 21.3 Å². The molecule has 0 aromatic heterocycles. The summed E-state index contributed by atoms with van der Waals surface area (Å²) in [5, 5.41) is -2.81. The zero-order valence-electron chi connectivity index (χ0n) is 25.1. The number of carbonyl (C=O) groups is 6. The molecular formula is C32H32N6O6S2. The number of nitrogens with zero attached hydrogens (tertiary/aromatic N) is 4. The van der Waals surface area contributed by atoms with Crippen LogP contribution in [0.15, 0.2) is 72.8 Å². The third kappa shape index (κ3) is 7.18. The second-order valence-electron chi connectivity index (χ2n) is 11.0. The van der Waals surface area contributed by atoms with Crippen molar-refractivity contribution in [3.63, 3.8) is 0 Å². The minimum absolute atomic E-state index is 0.00224. The maximum atomic E-state index is 13.4. The third-order valence-electron chi connectivity index (χ3n) is 7.41. The lowest BCUT2D eigenvalue weighted by Crippen LogP contribution is -2.45. The fraction of sp³-hybridized carbons (Fsp3) is 0.250. The molecule has 0 aliphatic carbocycles. The third-order valence-corrected chi connectivity index (χ3v) is 9.61. The molecule has 2 heterocycles. The van der Waals surface area contributed by atoms with Crippen LogP contribution >= 0.6 is 23.5 Å². The first-order chi connectivity index (χ1) is 21.9. The van der Waals surface area contributed by atoms with Crippen LogP contribution in [0, 0.1) is 13.8 Å². The van der Waals surface area contributed by atoms with Crippen LogP contribution in [0.3, 0.4) is 0 Å². The predicted octanol–water partition coefficient (Wildman–Crippen LogP) is 3.33. The molecule has 238 valence electrons. The lowest BCUT2D eigenvalue weighted by atomic mass is 10.1. The Morgan fingerprint density at radius 2 is 1.02 bits per heavy atom. The maximum Gasteiger partial charge on any atom is 0.291 e. The number of nitrogens with two attached hydrogens (primary N) is 2. The van der Waals surface area contributed by atoms with Gasteiger partial charge in [-0.25, -0.2) is 0 Å². The largest absolute Gasteiger partial charge is 0.368 e. The summed E-state index contributed by atoms with van der Waals surface area (Å²) in [6.07, 6.45) is 0. The summed E-state index contributed by atoms with van der Waals surface area (Å²) < 4.78 is 0. The molecule has 46 heavy (non-hydrogen) atoms. The van der Waals surface area contributed by atoms with Crippen LogP contribution in [-0.4, -0.2) is 67.7 Å². The van der Waals surface area contributed by atoms with Gasteiger partial charge in [-0.05, 0) is 83.9 Å². The topological polar surface area (TPSA) is 167 Å². The van der Waals surface area contributed by atoms with E-state index >= 15 is 0 Å². The Kier molecular flexibility index (Phi) is 9.68. The molecule has 3 aromatic carbocycles. The quantitative estimate of drug-likeness (QED) is 0.294. The normalized spacial score (nSPS) is 18.0. The van der Waals surface area contributed by atoms with Gasteiger partial charge in [0.15, 0.2) is 10.7 Å². The molecule has 2 unspecified atom stereocenters. The van der Waals surface area contributed by atoms with Gasteiger partial charge in [0.25, 0.3) is 22.3 Å². The van der Waals surface area contributed by atoms with Gasteiger partial charge in [0.05, 0.1) is 26.2 Å². The van der Waals surface area contributed by atoms with Crippen LogP contribution in [0.25, 0.3) is 0 Å². The molecular weight excluding hydrogens is 629 g/mol. The number of anilines is 2. The van der Waals surface area contributed by atoms with E-state index in [-0.39, 0.29) is 26.2 Å². The van der Waals surface area contributed by atoms with Crippen molar-refractivity contribution >= 4 is 69.0 Å². The van der Waals surface area contributed by atoms with Gasteiger partial charge in [0.1, 0.15) is 0 Å². The van der Waals surface area contributed by atoms with Crippen molar-refractivity contribution in [3.05, 3.63) is 95.1 Å². The van der Waals surface area contributed by atoms with Crippen LogP contribution in [0.5, 0.6) is 0 Å². The van der Waals surface area contributed by atoms with E-state index in [0.717, 1.165) is 44.5 Å². The molecule has 2 atom stereocenters. The molecule has 2 fully saturated rings. The SMILES string of the molecule is Cc1cccc(N(CC(N)=O)C2SC(=O)N(Cc3ccc(CN4C(=O)SC(N(CC(N)=O)c5cccc(C)c5)C4=O)cc3)C2=O)c1. The van der Waals surface area contributed by atoms with E-state index in [0.29, 0.717) is 22.5 Å². The zero-order chi connectivity index (χ0) is 33.1. The number of hydrogen-bond acceptors (Lipinski definition) is 10. The number of hydrogen-bond donors (Lipinski definition) is 2. The van der Waals surface area contributed by atoms with Gasteiger partial charge in [0.2, 0.25) is 11.8 Å². The van der Waals surface area contributed by atoms with Crippen LogP contribution in [0.4, 0.5) is 21.0 Å². The molecule has 2 aliphatic heterocycles. The lowest BCUT2D eigenvalue weighted by Gasteiger charge is -2.28. The number of rotatable bonds is 12. The van der Waals surface area contributed by atoms with Gasteiger partial charge in [0, 0.05) is 11.4 Å². The van der Waals surface area contributed by atoms with Crippen molar-refractivity contribution in [2.75, 3.05) is 22.9 Å². The minimum Gasteiger partial charge on any atom is -0.368 e. The molecule has 5 rings (SSSR count). The van der Waals surface area contributed by atoms with E-state index in [1.807, 2.05) is 38.1 Å². The van der Waals surface area contributed by atoms with Crippen LogP contribution in [0.2, 0.25) is 0 Å². The molecule has 3 aromatic rings. The van der Waals surface area contributed by atoms with Gasteiger partial charge in [-0.15, -0.1) is 0 Å². The second-order valence-corrected chi connectivity index (χ2v) is 13.1. The summed E-state index contributed by atoms with van der Waals surface area (Å²) in [4.78, 5) is 81.7. The molecule has 2 saturated heterocycles. The molecule has 14 heteroatoms. The summed E-state index contributed by atoms with van der Waals surface area (Å²) >= 11 is 1.64. The Morgan fingerprint density at radius 3 is 1.35 bits per heavy atom. The van der Waals surface area contributed by atoms with Gasteiger partial charge in [-0.3, -0.25) is 38.6 Å². The van der Waals surface area contributed by atoms with Gasteiger partial charge in [-0.2, -0.15) is 0 Å². The summed E-state index contributed by atoms with van der Waals surface area (Å²) in [6.45, 7) is 3.29. The Hall–Kier alpha value is -4.82. The van der Waals surface area contributed by atoms with Crippen molar-refractivity contribution in [1.29, 1.82) is 0 Å². The average molecular weight is 661 g/mol. The number of primary amides is 2. The number of amides is 6. The first-order valence-corrected chi connectivity index (χ1v) is 16.0. The highest BCUT2D eigenvalue weighted by Crippen LogP contribution is 2.35. The zero-order valence-corrected chi connectivity index (χ0v) is 26.8. The first-order valence-electron chi connectivity index (χ1n) is 14.3. The highest BCUT2D eigenvalue weighted by atomic mass is 32.2. The van der Waals surface area contributed by atoms with Gasteiger partial charge < -0.3 is 21.3 Å². The number of benzene rings is 3.